The molecule has 0 aliphatic carbocycles. The van der Waals surface area contributed by atoms with Gasteiger partial charge in [-0.15, -0.1) is 0 Å². The van der Waals surface area contributed by atoms with E-state index in [1.807, 2.05) is 31.2 Å². The maximum Gasteiger partial charge on any atom is 0.175 e. The van der Waals surface area contributed by atoms with Crippen molar-refractivity contribution in [1.82, 2.24) is 0 Å². The molecule has 3 aromatic rings. The second-order valence-corrected chi connectivity index (χ2v) is 7.29. The van der Waals surface area contributed by atoms with Gasteiger partial charge in [0.15, 0.2) is 11.6 Å². The largest absolute Gasteiger partial charge is 0.207 e. The van der Waals surface area contributed by atoms with Crippen molar-refractivity contribution in [2.45, 2.75) is 39.5 Å². The average molecular weight is 416 g/mol. The summed E-state index contributed by atoms with van der Waals surface area (Å²) in [6.45, 7) is 4.09. The van der Waals surface area contributed by atoms with Crippen molar-refractivity contribution >= 4 is 0 Å². The highest BCUT2D eigenvalue weighted by atomic mass is 19.2. The van der Waals surface area contributed by atoms with Crippen LogP contribution in [-0.4, -0.2) is 0 Å². The van der Waals surface area contributed by atoms with Crippen LogP contribution in [0.25, 0.3) is 0 Å². The van der Waals surface area contributed by atoms with Crippen LogP contribution < -0.4 is 0 Å². The normalized spacial score (nSPS) is 10.1. The van der Waals surface area contributed by atoms with Crippen LogP contribution in [0.1, 0.15) is 60.1 Å². The van der Waals surface area contributed by atoms with E-state index in [9.17, 15) is 13.2 Å². The van der Waals surface area contributed by atoms with Gasteiger partial charge in [-0.3, -0.25) is 0 Å². The molecule has 0 aliphatic rings. The van der Waals surface area contributed by atoms with Gasteiger partial charge in [-0.05, 0) is 60.4 Å². The molecule has 31 heavy (non-hydrogen) atoms. The van der Waals surface area contributed by atoms with Gasteiger partial charge in [0.2, 0.25) is 0 Å². The smallest absolute Gasteiger partial charge is 0.175 e. The molecular formula is C28H23F3. The van der Waals surface area contributed by atoms with E-state index in [2.05, 4.69) is 30.6 Å². The van der Waals surface area contributed by atoms with Crippen molar-refractivity contribution in [1.29, 1.82) is 0 Å². The summed E-state index contributed by atoms with van der Waals surface area (Å²) in [7, 11) is 0. The second kappa shape index (κ2) is 10.6. The fraction of sp³-hybridized carbons (Fsp3) is 0.214. The van der Waals surface area contributed by atoms with Crippen LogP contribution in [0.5, 0.6) is 0 Å². The zero-order valence-electron chi connectivity index (χ0n) is 17.7. The van der Waals surface area contributed by atoms with Crippen LogP contribution >= 0.6 is 0 Å². The van der Waals surface area contributed by atoms with Gasteiger partial charge in [0.1, 0.15) is 5.82 Å². The number of aryl methyl sites for hydroxylation is 2. The predicted molar refractivity (Wildman–Crippen MR) is 119 cm³/mol. The Hall–Kier alpha value is -3.43. The van der Waals surface area contributed by atoms with Crippen LogP contribution in [0, 0.1) is 41.1 Å². The van der Waals surface area contributed by atoms with Crippen molar-refractivity contribution in [2.75, 3.05) is 0 Å². The van der Waals surface area contributed by atoms with E-state index in [-0.39, 0.29) is 16.9 Å². The van der Waals surface area contributed by atoms with Crippen LogP contribution in [0.15, 0.2) is 54.6 Å². The third-order valence-electron chi connectivity index (χ3n) is 4.83. The van der Waals surface area contributed by atoms with Gasteiger partial charge >= 0.3 is 0 Å². The highest BCUT2D eigenvalue weighted by Gasteiger charge is 2.11. The molecule has 0 N–H and O–H groups in total. The topological polar surface area (TPSA) is 0 Å². The maximum absolute atomic E-state index is 14.5. The van der Waals surface area contributed by atoms with Crippen LogP contribution in [0.3, 0.4) is 0 Å². The Balaban J connectivity index is 1.80. The van der Waals surface area contributed by atoms with Crippen molar-refractivity contribution in [3.8, 4) is 23.7 Å². The first-order valence-electron chi connectivity index (χ1n) is 10.4. The molecule has 3 heteroatoms. The number of benzene rings is 3. The lowest BCUT2D eigenvalue weighted by molar-refractivity contribution is 0.504. The molecule has 0 amide bonds. The van der Waals surface area contributed by atoms with Crippen LogP contribution in [0.4, 0.5) is 13.2 Å². The minimum atomic E-state index is -1.05. The Bertz CT molecular complexity index is 1180. The summed E-state index contributed by atoms with van der Waals surface area (Å²) in [5.41, 5.74) is 2.85. The number of halogens is 3. The summed E-state index contributed by atoms with van der Waals surface area (Å²) in [5.74, 6) is 8.41. The lowest BCUT2D eigenvalue weighted by Gasteiger charge is -2.01. The van der Waals surface area contributed by atoms with Gasteiger partial charge in [-0.2, -0.15) is 0 Å². The molecule has 0 radical (unpaired) electrons. The van der Waals surface area contributed by atoms with Gasteiger partial charge in [0.05, 0.1) is 11.1 Å². The number of rotatable bonds is 4. The Kier molecular flexibility index (Phi) is 7.58. The first-order chi connectivity index (χ1) is 15.0. The summed E-state index contributed by atoms with van der Waals surface area (Å²) in [5, 5.41) is 0. The molecule has 3 rings (SSSR count). The van der Waals surface area contributed by atoms with Gasteiger partial charge in [0.25, 0.3) is 0 Å². The summed E-state index contributed by atoms with van der Waals surface area (Å²) in [6.07, 6.45) is 3.53. The Morgan fingerprint density at radius 3 is 1.71 bits per heavy atom. The van der Waals surface area contributed by atoms with Crippen molar-refractivity contribution in [3.63, 3.8) is 0 Å². The average Bonchev–Trinajstić information content (AvgIpc) is 2.77. The minimum absolute atomic E-state index is 0.0318. The standard InChI is InChI=1S/C28H23F3/c1-3-5-20-7-9-21(10-8-20)11-15-24-17-18-25(28(31)27(24)30)16-13-22-12-14-23(6-4-2)26(29)19-22/h7-10,12,14,17-19H,3-6H2,1-2H3. The summed E-state index contributed by atoms with van der Waals surface area (Å²) in [6, 6.07) is 15.2. The van der Waals surface area contributed by atoms with Crippen molar-refractivity contribution in [2.24, 2.45) is 0 Å². The zero-order valence-corrected chi connectivity index (χ0v) is 17.7. The van der Waals surface area contributed by atoms with Gasteiger partial charge in [-0.1, -0.05) is 68.6 Å². The molecule has 0 heterocycles. The number of hydrogen-bond acceptors (Lipinski definition) is 0. The summed E-state index contributed by atoms with van der Waals surface area (Å²) in [4.78, 5) is 0. The van der Waals surface area contributed by atoms with E-state index in [0.717, 1.165) is 24.8 Å². The molecular weight excluding hydrogens is 393 g/mol. The van der Waals surface area contributed by atoms with Gasteiger partial charge < -0.3 is 0 Å². The Morgan fingerprint density at radius 1 is 0.613 bits per heavy atom. The molecule has 0 atom stereocenters. The maximum atomic E-state index is 14.5. The van der Waals surface area contributed by atoms with E-state index < -0.39 is 11.6 Å². The zero-order chi connectivity index (χ0) is 22.2. The molecule has 156 valence electrons. The molecule has 0 bridgehead atoms. The van der Waals surface area contributed by atoms with E-state index in [0.29, 0.717) is 17.5 Å². The summed E-state index contributed by atoms with van der Waals surface area (Å²) >= 11 is 0. The molecule has 0 aromatic heterocycles. The summed E-state index contributed by atoms with van der Waals surface area (Å²) < 4.78 is 42.9. The lowest BCUT2D eigenvalue weighted by atomic mass is 10.1. The van der Waals surface area contributed by atoms with Gasteiger partial charge in [-0.25, -0.2) is 13.2 Å². The van der Waals surface area contributed by atoms with E-state index >= 15 is 0 Å². The molecule has 3 aromatic carbocycles. The third-order valence-corrected chi connectivity index (χ3v) is 4.83. The molecule has 0 spiro atoms. The highest BCUT2D eigenvalue weighted by Crippen LogP contribution is 2.16. The second-order valence-electron chi connectivity index (χ2n) is 7.29. The molecule has 0 fully saturated rings. The van der Waals surface area contributed by atoms with Crippen molar-refractivity contribution in [3.05, 3.63) is 105 Å². The monoisotopic (exact) mass is 416 g/mol. The first kappa shape index (κ1) is 22.3. The fourth-order valence-electron chi connectivity index (χ4n) is 3.16. The van der Waals surface area contributed by atoms with E-state index in [1.165, 1.54) is 23.8 Å². The molecule has 0 nitrogen and oxygen atoms in total. The number of hydrogen-bond donors (Lipinski definition) is 0. The predicted octanol–water partition coefficient (Wildman–Crippen LogP) is 6.81. The van der Waals surface area contributed by atoms with E-state index in [1.54, 1.807) is 12.1 Å². The Morgan fingerprint density at radius 2 is 1.16 bits per heavy atom. The van der Waals surface area contributed by atoms with Gasteiger partial charge in [0, 0.05) is 11.1 Å². The van der Waals surface area contributed by atoms with Crippen LogP contribution in [-0.2, 0) is 12.8 Å². The quantitative estimate of drug-likeness (QED) is 0.410. The first-order valence-corrected chi connectivity index (χ1v) is 10.4. The minimum Gasteiger partial charge on any atom is -0.207 e. The molecule has 0 unspecified atom stereocenters. The third kappa shape index (κ3) is 5.80. The Labute approximate surface area is 182 Å². The molecule has 0 saturated carbocycles. The highest BCUT2D eigenvalue weighted by molar-refractivity contribution is 5.49. The van der Waals surface area contributed by atoms with Crippen LogP contribution in [0.2, 0.25) is 0 Å². The van der Waals surface area contributed by atoms with Crippen molar-refractivity contribution < 1.29 is 13.2 Å². The lowest BCUT2D eigenvalue weighted by Crippen LogP contribution is -1.94. The SMILES string of the molecule is CCCc1ccc(C#Cc2ccc(C#Cc3ccc(CCC)c(F)c3)c(F)c2F)cc1. The molecule has 0 saturated heterocycles. The fourth-order valence-corrected chi connectivity index (χ4v) is 3.16. The molecule has 0 aliphatic heterocycles. The van der Waals surface area contributed by atoms with E-state index in [4.69, 9.17) is 0 Å².